The molecule has 0 bridgehead atoms. The lowest BCUT2D eigenvalue weighted by Gasteiger charge is -2.31. The van der Waals surface area contributed by atoms with Crippen molar-refractivity contribution in [2.75, 3.05) is 32.0 Å². The van der Waals surface area contributed by atoms with E-state index in [1.54, 1.807) is 0 Å². The monoisotopic (exact) mass is 288 g/mol. The summed E-state index contributed by atoms with van der Waals surface area (Å²) in [5.41, 5.74) is 5.67. The summed E-state index contributed by atoms with van der Waals surface area (Å²) in [6, 6.07) is 0. The van der Waals surface area contributed by atoms with Crippen LogP contribution in [0.5, 0.6) is 0 Å². The molecule has 1 saturated heterocycles. The van der Waals surface area contributed by atoms with Gasteiger partial charge in [-0.2, -0.15) is 5.10 Å². The van der Waals surface area contributed by atoms with Crippen LogP contribution < -0.4 is 5.73 Å². The van der Waals surface area contributed by atoms with Gasteiger partial charge in [0.1, 0.15) is 0 Å². The number of anilines is 1. The second-order valence-corrected chi connectivity index (χ2v) is 4.82. The minimum atomic E-state index is 0.208. The van der Waals surface area contributed by atoms with Gasteiger partial charge in [-0.15, -0.1) is 0 Å². The van der Waals surface area contributed by atoms with Crippen molar-refractivity contribution >= 4 is 21.7 Å². The van der Waals surface area contributed by atoms with E-state index in [-0.39, 0.29) is 6.10 Å². The number of hydrogen-bond acceptors (Lipinski definition) is 4. The SMILES string of the molecule is CCN1CCOC(Cn2cc(Br)c(N)n2)C1. The van der Waals surface area contributed by atoms with E-state index in [2.05, 4.69) is 32.9 Å². The smallest absolute Gasteiger partial charge is 0.159 e. The number of halogens is 1. The Bertz CT molecular complexity index is 335. The highest BCUT2D eigenvalue weighted by Gasteiger charge is 2.20. The van der Waals surface area contributed by atoms with Crippen LogP contribution in [0.1, 0.15) is 6.92 Å². The summed E-state index contributed by atoms with van der Waals surface area (Å²) in [5, 5.41) is 4.20. The van der Waals surface area contributed by atoms with E-state index in [0.717, 1.165) is 37.3 Å². The summed E-state index contributed by atoms with van der Waals surface area (Å²) in [4.78, 5) is 2.38. The summed E-state index contributed by atoms with van der Waals surface area (Å²) >= 11 is 3.35. The molecule has 1 atom stereocenters. The molecule has 1 unspecified atom stereocenters. The summed E-state index contributed by atoms with van der Waals surface area (Å²) in [7, 11) is 0. The van der Waals surface area contributed by atoms with Crippen LogP contribution in [0.4, 0.5) is 5.82 Å². The molecule has 2 rings (SSSR count). The fourth-order valence-electron chi connectivity index (χ4n) is 1.89. The molecule has 2 heterocycles. The zero-order valence-electron chi connectivity index (χ0n) is 9.40. The van der Waals surface area contributed by atoms with E-state index in [0.29, 0.717) is 5.82 Å². The first-order chi connectivity index (χ1) is 7.69. The highest BCUT2D eigenvalue weighted by Crippen LogP contribution is 2.17. The van der Waals surface area contributed by atoms with E-state index >= 15 is 0 Å². The van der Waals surface area contributed by atoms with Crippen LogP contribution in [-0.4, -0.2) is 47.0 Å². The van der Waals surface area contributed by atoms with Gasteiger partial charge >= 0.3 is 0 Å². The highest BCUT2D eigenvalue weighted by molar-refractivity contribution is 9.10. The number of aromatic nitrogens is 2. The molecule has 0 aliphatic carbocycles. The molecule has 1 aliphatic rings. The van der Waals surface area contributed by atoms with Gasteiger partial charge in [0.2, 0.25) is 0 Å². The molecule has 16 heavy (non-hydrogen) atoms. The van der Waals surface area contributed by atoms with Crippen molar-refractivity contribution in [3.05, 3.63) is 10.7 Å². The second kappa shape index (κ2) is 5.16. The molecular formula is C10H17BrN4O. The van der Waals surface area contributed by atoms with Gasteiger partial charge in [0.15, 0.2) is 5.82 Å². The molecule has 0 saturated carbocycles. The third-order valence-electron chi connectivity index (χ3n) is 2.80. The van der Waals surface area contributed by atoms with E-state index in [1.807, 2.05) is 10.9 Å². The molecule has 1 aromatic rings. The molecule has 0 aromatic carbocycles. The van der Waals surface area contributed by atoms with Crippen LogP contribution >= 0.6 is 15.9 Å². The summed E-state index contributed by atoms with van der Waals surface area (Å²) < 4.78 is 8.38. The van der Waals surface area contributed by atoms with Crippen LogP contribution in [0.15, 0.2) is 10.7 Å². The molecule has 1 aromatic heterocycles. The molecule has 0 amide bonds. The normalized spacial score (nSPS) is 22.5. The number of nitrogens with zero attached hydrogens (tertiary/aromatic N) is 3. The Morgan fingerprint density at radius 1 is 1.69 bits per heavy atom. The van der Waals surface area contributed by atoms with Gasteiger partial charge in [-0.3, -0.25) is 9.58 Å². The maximum Gasteiger partial charge on any atom is 0.159 e. The second-order valence-electron chi connectivity index (χ2n) is 3.97. The third-order valence-corrected chi connectivity index (χ3v) is 3.42. The van der Waals surface area contributed by atoms with Gasteiger partial charge in [0, 0.05) is 19.3 Å². The van der Waals surface area contributed by atoms with Crippen molar-refractivity contribution in [1.82, 2.24) is 14.7 Å². The van der Waals surface area contributed by atoms with Gasteiger partial charge in [0.25, 0.3) is 0 Å². The van der Waals surface area contributed by atoms with Crippen molar-refractivity contribution in [3.8, 4) is 0 Å². The number of hydrogen-bond donors (Lipinski definition) is 1. The van der Waals surface area contributed by atoms with Crippen molar-refractivity contribution in [2.24, 2.45) is 0 Å². The molecule has 0 radical (unpaired) electrons. The lowest BCUT2D eigenvalue weighted by atomic mass is 10.2. The zero-order valence-corrected chi connectivity index (χ0v) is 11.0. The molecule has 5 nitrogen and oxygen atoms in total. The van der Waals surface area contributed by atoms with Gasteiger partial charge in [0.05, 0.1) is 23.7 Å². The van der Waals surface area contributed by atoms with Gasteiger partial charge < -0.3 is 10.5 Å². The van der Waals surface area contributed by atoms with E-state index < -0.39 is 0 Å². The molecule has 2 N–H and O–H groups in total. The minimum Gasteiger partial charge on any atom is -0.381 e. The number of morpholine rings is 1. The fourth-order valence-corrected chi connectivity index (χ4v) is 2.21. The van der Waals surface area contributed by atoms with Crippen LogP contribution in [0.25, 0.3) is 0 Å². The maximum absolute atomic E-state index is 5.70. The molecule has 90 valence electrons. The van der Waals surface area contributed by atoms with Crippen molar-refractivity contribution in [3.63, 3.8) is 0 Å². The summed E-state index contributed by atoms with van der Waals surface area (Å²) in [6.45, 7) is 6.80. The Morgan fingerprint density at radius 2 is 2.50 bits per heavy atom. The molecule has 6 heteroatoms. The molecule has 0 spiro atoms. The van der Waals surface area contributed by atoms with Gasteiger partial charge in [-0.25, -0.2) is 0 Å². The molecular weight excluding hydrogens is 272 g/mol. The first-order valence-corrected chi connectivity index (χ1v) is 6.30. The first-order valence-electron chi connectivity index (χ1n) is 5.51. The average Bonchev–Trinajstić information content (AvgIpc) is 2.58. The van der Waals surface area contributed by atoms with Crippen molar-refractivity contribution in [1.29, 1.82) is 0 Å². The lowest BCUT2D eigenvalue weighted by molar-refractivity contribution is -0.0357. The maximum atomic E-state index is 5.70. The zero-order chi connectivity index (χ0) is 11.5. The van der Waals surface area contributed by atoms with E-state index in [9.17, 15) is 0 Å². The summed E-state index contributed by atoms with van der Waals surface area (Å²) in [6.07, 6.45) is 2.10. The topological polar surface area (TPSA) is 56.3 Å². The van der Waals surface area contributed by atoms with Crippen LogP contribution in [0.2, 0.25) is 0 Å². The molecule has 1 fully saturated rings. The highest BCUT2D eigenvalue weighted by atomic mass is 79.9. The first kappa shape index (κ1) is 11.9. The minimum absolute atomic E-state index is 0.208. The Balaban J connectivity index is 1.93. The predicted molar refractivity (Wildman–Crippen MR) is 66.2 cm³/mol. The van der Waals surface area contributed by atoms with E-state index in [1.165, 1.54) is 0 Å². The van der Waals surface area contributed by atoms with Gasteiger partial charge in [-0.1, -0.05) is 6.92 Å². The number of likely N-dealkylation sites (N-methyl/N-ethyl adjacent to an activating group) is 1. The molecule has 1 aliphatic heterocycles. The average molecular weight is 289 g/mol. The quantitative estimate of drug-likeness (QED) is 0.900. The van der Waals surface area contributed by atoms with Crippen molar-refractivity contribution < 1.29 is 4.74 Å². The largest absolute Gasteiger partial charge is 0.381 e. The number of ether oxygens (including phenoxy) is 1. The predicted octanol–water partition coefficient (Wildman–Crippen LogP) is 0.948. The van der Waals surface area contributed by atoms with Gasteiger partial charge in [-0.05, 0) is 22.5 Å². The lowest BCUT2D eigenvalue weighted by Crippen LogP contribution is -2.44. The third kappa shape index (κ3) is 2.75. The Hall–Kier alpha value is -0.590. The van der Waals surface area contributed by atoms with Crippen LogP contribution in [0.3, 0.4) is 0 Å². The van der Waals surface area contributed by atoms with Crippen molar-refractivity contribution in [2.45, 2.75) is 19.6 Å². The Kier molecular flexibility index (Phi) is 3.83. The van der Waals surface area contributed by atoms with Crippen LogP contribution in [-0.2, 0) is 11.3 Å². The summed E-state index contributed by atoms with van der Waals surface area (Å²) in [5.74, 6) is 0.531. The number of nitrogens with two attached hydrogens (primary N) is 1. The number of rotatable bonds is 3. The van der Waals surface area contributed by atoms with E-state index in [4.69, 9.17) is 10.5 Å². The number of nitrogen functional groups attached to an aromatic ring is 1. The Labute approximate surface area is 104 Å². The standard InChI is InChI=1S/C10H17BrN4O/c1-2-14-3-4-16-8(5-14)6-15-7-9(11)10(12)13-15/h7-8H,2-6H2,1H3,(H2,12,13). The fraction of sp³-hybridized carbons (Fsp3) is 0.700. The Morgan fingerprint density at radius 3 is 3.12 bits per heavy atom. The van der Waals surface area contributed by atoms with Crippen LogP contribution in [0, 0.1) is 0 Å².